The number of anilines is 1. The molecule has 0 aliphatic carbocycles. The Morgan fingerprint density at radius 2 is 2.00 bits per heavy atom. The van der Waals surface area contributed by atoms with Crippen LogP contribution in [0.5, 0.6) is 5.75 Å². The van der Waals surface area contributed by atoms with Gasteiger partial charge in [0.2, 0.25) is 0 Å². The summed E-state index contributed by atoms with van der Waals surface area (Å²) >= 11 is 7.64. The maximum atomic E-state index is 13.6. The number of thiazole rings is 1. The van der Waals surface area contributed by atoms with Gasteiger partial charge >= 0.3 is 0 Å². The molecule has 7 nitrogen and oxygen atoms in total. The molecule has 0 saturated heterocycles. The number of sulfone groups is 1. The maximum absolute atomic E-state index is 13.6. The van der Waals surface area contributed by atoms with Gasteiger partial charge in [-0.25, -0.2) is 13.4 Å². The van der Waals surface area contributed by atoms with Crippen LogP contribution in [0.2, 0.25) is 5.02 Å². The lowest BCUT2D eigenvalue weighted by Crippen LogP contribution is -2.30. The van der Waals surface area contributed by atoms with E-state index in [1.165, 1.54) is 28.4 Å². The molecule has 0 aliphatic rings. The fourth-order valence-electron chi connectivity index (χ4n) is 3.27. The highest BCUT2D eigenvalue weighted by molar-refractivity contribution is 7.91. The summed E-state index contributed by atoms with van der Waals surface area (Å²) in [6.07, 6.45) is 3.32. The van der Waals surface area contributed by atoms with E-state index in [4.69, 9.17) is 16.3 Å². The van der Waals surface area contributed by atoms with E-state index in [0.29, 0.717) is 26.1 Å². The number of benzene rings is 2. The van der Waals surface area contributed by atoms with Gasteiger partial charge in [-0.15, -0.1) is 0 Å². The Morgan fingerprint density at radius 3 is 2.70 bits per heavy atom. The number of carbonyl (C=O) groups is 1. The number of hydrogen-bond donors (Lipinski definition) is 0. The lowest BCUT2D eigenvalue weighted by Gasteiger charge is -2.20. The standard InChI is InChI=1S/C23H20ClN3O4S2/c1-3-33(29,30)17-8-4-7-16(12-17)22(28)27(14-15-6-5-11-25-13-15)23-26-20-19(31-2)10-9-18(24)21(20)32-23/h4-13H,3,14H2,1-2H3. The van der Waals surface area contributed by atoms with Gasteiger partial charge in [-0.05, 0) is 42.0 Å². The molecule has 33 heavy (non-hydrogen) atoms. The highest BCUT2D eigenvalue weighted by Crippen LogP contribution is 2.39. The largest absolute Gasteiger partial charge is 0.494 e. The summed E-state index contributed by atoms with van der Waals surface area (Å²) in [5.41, 5.74) is 1.59. The molecule has 0 fully saturated rings. The number of fused-ring (bicyclic) bond motifs is 1. The molecule has 0 radical (unpaired) electrons. The van der Waals surface area contributed by atoms with Gasteiger partial charge in [-0.3, -0.25) is 14.7 Å². The molecule has 2 heterocycles. The second-order valence-electron chi connectivity index (χ2n) is 7.11. The summed E-state index contributed by atoms with van der Waals surface area (Å²) in [4.78, 5) is 24.0. The molecule has 0 atom stereocenters. The molecule has 4 rings (SSSR count). The third kappa shape index (κ3) is 4.71. The number of nitrogens with zero attached hydrogens (tertiary/aromatic N) is 3. The fraction of sp³-hybridized carbons (Fsp3) is 0.174. The van der Waals surface area contributed by atoms with Crippen molar-refractivity contribution in [1.29, 1.82) is 0 Å². The van der Waals surface area contributed by atoms with Crippen LogP contribution in [0.4, 0.5) is 5.13 Å². The van der Waals surface area contributed by atoms with Crippen molar-refractivity contribution in [2.24, 2.45) is 0 Å². The van der Waals surface area contributed by atoms with Crippen LogP contribution in [-0.2, 0) is 16.4 Å². The molecule has 0 saturated carbocycles. The topological polar surface area (TPSA) is 89.5 Å². The summed E-state index contributed by atoms with van der Waals surface area (Å²) in [5.74, 6) is 0.100. The number of carbonyl (C=O) groups excluding carboxylic acids is 1. The summed E-state index contributed by atoms with van der Waals surface area (Å²) in [7, 11) is -1.92. The summed E-state index contributed by atoms with van der Waals surface area (Å²) < 4.78 is 30.8. The van der Waals surface area contributed by atoms with Crippen LogP contribution in [0, 0.1) is 0 Å². The van der Waals surface area contributed by atoms with Crippen molar-refractivity contribution >= 4 is 54.0 Å². The minimum atomic E-state index is -3.47. The number of hydrogen-bond acceptors (Lipinski definition) is 7. The third-order valence-corrected chi connectivity index (χ3v) is 8.30. The second-order valence-corrected chi connectivity index (χ2v) is 10.8. The average Bonchev–Trinajstić information content (AvgIpc) is 3.29. The molecule has 0 spiro atoms. The van der Waals surface area contributed by atoms with Crippen molar-refractivity contribution in [3.63, 3.8) is 0 Å². The van der Waals surface area contributed by atoms with Crippen molar-refractivity contribution in [1.82, 2.24) is 9.97 Å². The smallest absolute Gasteiger partial charge is 0.260 e. The SMILES string of the molecule is CCS(=O)(=O)c1cccc(C(=O)N(Cc2cccnc2)c2nc3c(OC)ccc(Cl)c3s2)c1. The number of rotatable bonds is 7. The zero-order chi connectivity index (χ0) is 23.6. The lowest BCUT2D eigenvalue weighted by molar-refractivity contribution is 0.0985. The first-order valence-corrected chi connectivity index (χ1v) is 12.9. The van der Waals surface area contributed by atoms with Gasteiger partial charge in [0, 0.05) is 18.0 Å². The van der Waals surface area contributed by atoms with Crippen LogP contribution in [0.15, 0.2) is 65.8 Å². The van der Waals surface area contributed by atoms with Gasteiger partial charge in [0.15, 0.2) is 15.0 Å². The zero-order valence-corrected chi connectivity index (χ0v) is 20.2. The van der Waals surface area contributed by atoms with Crippen LogP contribution >= 0.6 is 22.9 Å². The van der Waals surface area contributed by atoms with Crippen LogP contribution in [-0.4, -0.2) is 37.2 Å². The first-order valence-electron chi connectivity index (χ1n) is 10.0. The Bertz CT molecular complexity index is 1420. The number of aromatic nitrogens is 2. The van der Waals surface area contributed by atoms with E-state index >= 15 is 0 Å². The molecule has 0 N–H and O–H groups in total. The van der Waals surface area contributed by atoms with Crippen molar-refractivity contribution in [3.05, 3.63) is 77.1 Å². The van der Waals surface area contributed by atoms with Crippen molar-refractivity contribution < 1.29 is 17.9 Å². The molecule has 0 bridgehead atoms. The minimum Gasteiger partial charge on any atom is -0.494 e. The van der Waals surface area contributed by atoms with Gasteiger partial charge in [0.05, 0.1) is 34.0 Å². The van der Waals surface area contributed by atoms with E-state index in [-0.39, 0.29) is 28.7 Å². The first kappa shape index (κ1) is 23.2. The Balaban J connectivity index is 1.83. The highest BCUT2D eigenvalue weighted by Gasteiger charge is 2.25. The number of methoxy groups -OCH3 is 1. The Labute approximate surface area is 200 Å². The Morgan fingerprint density at radius 1 is 1.18 bits per heavy atom. The van der Waals surface area contributed by atoms with Crippen LogP contribution in [0.1, 0.15) is 22.8 Å². The lowest BCUT2D eigenvalue weighted by atomic mass is 10.2. The van der Waals surface area contributed by atoms with Crippen LogP contribution in [0.3, 0.4) is 0 Å². The van der Waals surface area contributed by atoms with E-state index in [9.17, 15) is 13.2 Å². The third-order valence-electron chi connectivity index (χ3n) is 5.03. The molecule has 2 aromatic carbocycles. The van der Waals surface area contributed by atoms with E-state index in [1.54, 1.807) is 56.8 Å². The van der Waals surface area contributed by atoms with Gasteiger partial charge in [-0.2, -0.15) is 0 Å². The monoisotopic (exact) mass is 501 g/mol. The van der Waals surface area contributed by atoms with E-state index < -0.39 is 9.84 Å². The summed E-state index contributed by atoms with van der Waals surface area (Å²) in [6.45, 7) is 1.76. The predicted molar refractivity (Wildman–Crippen MR) is 130 cm³/mol. The molecule has 4 aromatic rings. The van der Waals surface area contributed by atoms with Crippen LogP contribution in [0.25, 0.3) is 10.2 Å². The Hall–Kier alpha value is -3.01. The van der Waals surface area contributed by atoms with E-state index in [1.807, 2.05) is 6.07 Å². The molecule has 0 aliphatic heterocycles. The molecular weight excluding hydrogens is 482 g/mol. The molecule has 10 heteroatoms. The van der Waals surface area contributed by atoms with Gasteiger partial charge in [-0.1, -0.05) is 42.0 Å². The van der Waals surface area contributed by atoms with Crippen LogP contribution < -0.4 is 9.64 Å². The van der Waals surface area contributed by atoms with Crippen molar-refractivity contribution in [2.75, 3.05) is 17.8 Å². The molecule has 1 amide bonds. The predicted octanol–water partition coefficient (Wildman–Crippen LogP) is 4.99. The maximum Gasteiger partial charge on any atom is 0.260 e. The molecule has 2 aromatic heterocycles. The second kappa shape index (κ2) is 9.46. The number of amides is 1. The van der Waals surface area contributed by atoms with Gasteiger partial charge in [0.25, 0.3) is 5.91 Å². The highest BCUT2D eigenvalue weighted by atomic mass is 35.5. The zero-order valence-electron chi connectivity index (χ0n) is 17.9. The average molecular weight is 502 g/mol. The Kier molecular flexibility index (Phi) is 6.64. The van der Waals surface area contributed by atoms with E-state index in [2.05, 4.69) is 9.97 Å². The fourth-order valence-corrected chi connectivity index (χ4v) is 5.45. The number of ether oxygens (including phenoxy) is 1. The summed E-state index contributed by atoms with van der Waals surface area (Å²) in [5, 5.41) is 0.911. The summed E-state index contributed by atoms with van der Waals surface area (Å²) in [6, 6.07) is 13.1. The van der Waals surface area contributed by atoms with Gasteiger partial charge < -0.3 is 4.74 Å². The normalized spacial score (nSPS) is 11.5. The quantitative estimate of drug-likeness (QED) is 0.354. The van der Waals surface area contributed by atoms with Crippen molar-refractivity contribution in [3.8, 4) is 5.75 Å². The molecule has 170 valence electrons. The van der Waals surface area contributed by atoms with E-state index in [0.717, 1.165) is 5.56 Å². The van der Waals surface area contributed by atoms with Crippen molar-refractivity contribution in [2.45, 2.75) is 18.4 Å². The number of pyridine rings is 1. The number of halogens is 1. The minimum absolute atomic E-state index is 0.0554. The van der Waals surface area contributed by atoms with Gasteiger partial charge in [0.1, 0.15) is 11.3 Å². The molecule has 0 unspecified atom stereocenters. The molecular formula is C23H20ClN3O4S2. The first-order chi connectivity index (χ1) is 15.8.